The lowest BCUT2D eigenvalue weighted by atomic mass is 9.96. The van der Waals surface area contributed by atoms with Crippen molar-refractivity contribution in [2.24, 2.45) is 0 Å². The molecule has 2 rings (SSSR count). The van der Waals surface area contributed by atoms with E-state index in [4.69, 9.17) is 5.11 Å². The van der Waals surface area contributed by atoms with Crippen molar-refractivity contribution in [1.29, 1.82) is 0 Å². The van der Waals surface area contributed by atoms with Gasteiger partial charge in [0.25, 0.3) is 0 Å². The molecular weight excluding hydrogens is 160 g/mol. The highest BCUT2D eigenvalue weighted by Crippen LogP contribution is 2.29. The van der Waals surface area contributed by atoms with Crippen molar-refractivity contribution >= 4 is 11.8 Å². The van der Waals surface area contributed by atoms with Crippen molar-refractivity contribution in [3.63, 3.8) is 0 Å². The molecule has 5 heteroatoms. The predicted molar refractivity (Wildman–Crippen MR) is 38.9 cm³/mol. The summed E-state index contributed by atoms with van der Waals surface area (Å²) < 4.78 is 0. The summed E-state index contributed by atoms with van der Waals surface area (Å²) in [7, 11) is 0. The zero-order chi connectivity index (χ0) is 8.77. The highest BCUT2D eigenvalue weighted by molar-refractivity contribution is 5.96. The number of aliphatic hydroxyl groups is 1. The molecule has 2 heterocycles. The average Bonchev–Trinajstić information content (AvgIpc) is 2.43. The van der Waals surface area contributed by atoms with Crippen LogP contribution < -0.4 is 10.6 Å². The lowest BCUT2D eigenvalue weighted by Crippen LogP contribution is -2.47. The second-order valence-electron chi connectivity index (χ2n) is 3.32. The first-order valence-corrected chi connectivity index (χ1v) is 3.92. The van der Waals surface area contributed by atoms with Gasteiger partial charge in [0.05, 0.1) is 0 Å². The molecule has 0 saturated carbocycles. The van der Waals surface area contributed by atoms with Gasteiger partial charge in [-0.3, -0.25) is 9.59 Å². The SMILES string of the molecule is O=C1CC[C@]2(C[C@H](O)NC2=O)N1. The molecule has 0 aromatic rings. The molecule has 2 aliphatic rings. The number of carbonyl (C=O) groups is 2. The molecule has 0 bridgehead atoms. The molecule has 0 aliphatic carbocycles. The van der Waals surface area contributed by atoms with Crippen LogP contribution in [0.2, 0.25) is 0 Å². The number of hydrogen-bond acceptors (Lipinski definition) is 3. The number of amides is 2. The van der Waals surface area contributed by atoms with Crippen LogP contribution in [-0.4, -0.2) is 28.7 Å². The zero-order valence-electron chi connectivity index (χ0n) is 6.46. The Morgan fingerprint density at radius 1 is 1.50 bits per heavy atom. The molecule has 3 N–H and O–H groups in total. The summed E-state index contributed by atoms with van der Waals surface area (Å²) in [6.45, 7) is 0. The van der Waals surface area contributed by atoms with E-state index in [1.54, 1.807) is 0 Å². The van der Waals surface area contributed by atoms with E-state index in [9.17, 15) is 9.59 Å². The maximum absolute atomic E-state index is 11.3. The number of hydrogen-bond donors (Lipinski definition) is 3. The summed E-state index contributed by atoms with van der Waals surface area (Å²) in [5, 5.41) is 14.1. The van der Waals surface area contributed by atoms with Crippen LogP contribution in [0.15, 0.2) is 0 Å². The van der Waals surface area contributed by atoms with E-state index in [0.717, 1.165) is 0 Å². The summed E-state index contributed by atoms with van der Waals surface area (Å²) in [6, 6.07) is 0. The van der Waals surface area contributed by atoms with Gasteiger partial charge in [-0.2, -0.15) is 0 Å². The van der Waals surface area contributed by atoms with E-state index in [2.05, 4.69) is 10.6 Å². The Labute approximate surface area is 69.1 Å². The highest BCUT2D eigenvalue weighted by Gasteiger charge is 2.50. The second-order valence-corrected chi connectivity index (χ2v) is 3.32. The standard InChI is InChI=1S/C7H10N2O3/c10-4-1-2-7(9-4)3-5(11)8-6(7)12/h5,11H,1-3H2,(H,8,12)(H,9,10)/t5-,7+/m0/s1. The van der Waals surface area contributed by atoms with Crippen LogP contribution in [0, 0.1) is 0 Å². The van der Waals surface area contributed by atoms with Gasteiger partial charge in [0.2, 0.25) is 11.8 Å². The number of rotatable bonds is 0. The Bertz CT molecular complexity index is 253. The summed E-state index contributed by atoms with van der Waals surface area (Å²) in [6.07, 6.45) is 0.350. The fraction of sp³-hybridized carbons (Fsp3) is 0.714. The molecule has 0 aromatic carbocycles. The van der Waals surface area contributed by atoms with E-state index < -0.39 is 11.8 Å². The fourth-order valence-electron chi connectivity index (χ4n) is 1.81. The summed E-state index contributed by atoms with van der Waals surface area (Å²) in [5.41, 5.74) is -0.809. The smallest absolute Gasteiger partial charge is 0.247 e. The minimum Gasteiger partial charge on any atom is -0.374 e. The first kappa shape index (κ1) is 7.54. The third-order valence-corrected chi connectivity index (χ3v) is 2.43. The Morgan fingerprint density at radius 2 is 2.25 bits per heavy atom. The van der Waals surface area contributed by atoms with Crippen LogP contribution >= 0.6 is 0 Å². The summed E-state index contributed by atoms with van der Waals surface area (Å²) in [5.74, 6) is -0.375. The Morgan fingerprint density at radius 3 is 2.67 bits per heavy atom. The molecule has 0 aromatic heterocycles. The lowest BCUT2D eigenvalue weighted by molar-refractivity contribution is -0.127. The van der Waals surface area contributed by atoms with E-state index in [-0.39, 0.29) is 18.2 Å². The van der Waals surface area contributed by atoms with Crippen molar-refractivity contribution in [2.45, 2.75) is 31.0 Å². The van der Waals surface area contributed by atoms with E-state index in [1.165, 1.54) is 0 Å². The quantitative estimate of drug-likeness (QED) is 0.413. The van der Waals surface area contributed by atoms with Gasteiger partial charge in [-0.25, -0.2) is 0 Å². The van der Waals surface area contributed by atoms with E-state index in [0.29, 0.717) is 12.8 Å². The molecule has 5 nitrogen and oxygen atoms in total. The Kier molecular flexibility index (Phi) is 1.38. The molecule has 1 spiro atoms. The van der Waals surface area contributed by atoms with Gasteiger partial charge in [0, 0.05) is 12.8 Å². The number of nitrogens with one attached hydrogen (secondary N) is 2. The first-order chi connectivity index (χ1) is 5.62. The zero-order valence-corrected chi connectivity index (χ0v) is 6.46. The third-order valence-electron chi connectivity index (χ3n) is 2.43. The van der Waals surface area contributed by atoms with Gasteiger partial charge in [-0.1, -0.05) is 0 Å². The van der Waals surface area contributed by atoms with Crippen molar-refractivity contribution < 1.29 is 14.7 Å². The molecule has 12 heavy (non-hydrogen) atoms. The topological polar surface area (TPSA) is 78.4 Å². The van der Waals surface area contributed by atoms with Crippen molar-refractivity contribution in [1.82, 2.24) is 10.6 Å². The second kappa shape index (κ2) is 2.20. The van der Waals surface area contributed by atoms with Gasteiger partial charge in [-0.05, 0) is 6.42 Å². The molecule has 2 aliphatic heterocycles. The number of aliphatic hydroxyl groups excluding tert-OH is 1. The largest absolute Gasteiger partial charge is 0.374 e. The minimum absolute atomic E-state index is 0.112. The van der Waals surface area contributed by atoms with Gasteiger partial charge in [-0.15, -0.1) is 0 Å². The van der Waals surface area contributed by atoms with Gasteiger partial charge < -0.3 is 15.7 Å². The van der Waals surface area contributed by atoms with Gasteiger partial charge in [0.1, 0.15) is 11.8 Å². The maximum atomic E-state index is 11.3. The van der Waals surface area contributed by atoms with Crippen molar-refractivity contribution in [3.05, 3.63) is 0 Å². The molecule has 0 unspecified atom stereocenters. The van der Waals surface area contributed by atoms with Gasteiger partial charge in [0.15, 0.2) is 0 Å². The van der Waals surface area contributed by atoms with E-state index >= 15 is 0 Å². The third kappa shape index (κ3) is 0.896. The number of carbonyl (C=O) groups excluding carboxylic acids is 2. The normalized spacial score (nSPS) is 40.2. The summed E-state index contributed by atoms with van der Waals surface area (Å²) >= 11 is 0. The Balaban J connectivity index is 2.22. The molecule has 2 amide bonds. The molecule has 0 radical (unpaired) electrons. The van der Waals surface area contributed by atoms with Crippen LogP contribution in [0.1, 0.15) is 19.3 Å². The van der Waals surface area contributed by atoms with Gasteiger partial charge >= 0.3 is 0 Å². The van der Waals surface area contributed by atoms with Crippen LogP contribution in [0.4, 0.5) is 0 Å². The van der Waals surface area contributed by atoms with Crippen molar-refractivity contribution in [3.8, 4) is 0 Å². The van der Waals surface area contributed by atoms with Crippen LogP contribution in [0.25, 0.3) is 0 Å². The molecule has 2 fully saturated rings. The van der Waals surface area contributed by atoms with E-state index in [1.807, 2.05) is 0 Å². The predicted octanol–water partition coefficient (Wildman–Crippen LogP) is -1.53. The first-order valence-electron chi connectivity index (χ1n) is 3.92. The molecule has 2 atom stereocenters. The fourth-order valence-corrected chi connectivity index (χ4v) is 1.81. The average molecular weight is 170 g/mol. The lowest BCUT2D eigenvalue weighted by Gasteiger charge is -2.18. The Hall–Kier alpha value is -1.10. The molecule has 66 valence electrons. The molecular formula is C7H10N2O3. The maximum Gasteiger partial charge on any atom is 0.247 e. The van der Waals surface area contributed by atoms with Crippen molar-refractivity contribution in [2.75, 3.05) is 0 Å². The monoisotopic (exact) mass is 170 g/mol. The van der Waals surface area contributed by atoms with Crippen LogP contribution in [-0.2, 0) is 9.59 Å². The molecule has 2 saturated heterocycles. The van der Waals surface area contributed by atoms with Crippen LogP contribution in [0.5, 0.6) is 0 Å². The highest BCUT2D eigenvalue weighted by atomic mass is 16.3. The van der Waals surface area contributed by atoms with Crippen LogP contribution in [0.3, 0.4) is 0 Å². The summed E-state index contributed by atoms with van der Waals surface area (Å²) in [4.78, 5) is 22.2. The minimum atomic E-state index is -0.809.